The molecule has 0 saturated heterocycles. The van der Waals surface area contributed by atoms with E-state index in [1.54, 1.807) is 0 Å². The van der Waals surface area contributed by atoms with Crippen molar-refractivity contribution in [1.82, 2.24) is 0 Å². The number of carbonyl (C=O) groups is 2. The summed E-state index contributed by atoms with van der Waals surface area (Å²) in [5.41, 5.74) is 0. The van der Waals surface area contributed by atoms with Crippen molar-refractivity contribution in [1.29, 1.82) is 0 Å². The molecule has 0 radical (unpaired) electrons. The molecule has 0 aromatic rings. The molecule has 0 heterocycles. The highest BCUT2D eigenvalue weighted by Gasteiger charge is 2.27. The Bertz CT molecular complexity index is 483. The maximum absolute atomic E-state index is 12.0. The van der Waals surface area contributed by atoms with Gasteiger partial charge in [0.15, 0.2) is 6.10 Å². The molecule has 0 aromatic heterocycles. The minimum absolute atomic E-state index is 0.230. The van der Waals surface area contributed by atoms with E-state index in [-0.39, 0.29) is 19.4 Å². The van der Waals surface area contributed by atoms with E-state index in [2.05, 4.69) is 25.5 Å². The van der Waals surface area contributed by atoms with E-state index in [1.165, 1.54) is 0 Å². The van der Waals surface area contributed by atoms with Crippen LogP contribution in [-0.4, -0.2) is 36.1 Å². The van der Waals surface area contributed by atoms with Crippen molar-refractivity contribution in [2.45, 2.75) is 97.0 Å². The second kappa shape index (κ2) is 17.8. The van der Waals surface area contributed by atoms with Gasteiger partial charge in [0.05, 0.1) is 6.61 Å². The molecule has 9 heteroatoms. The van der Waals surface area contributed by atoms with Gasteiger partial charge in [0.1, 0.15) is 6.61 Å². The standard InChI is InChI=1S/C20H37O8P/c1-4-6-8-10-12-14-19(21)26-16-18(17-27-29(23,24)25-3)28-20(22)15-13-11-9-7-5-2/h18H,3-17H2,1-2H3/p+1/t18-/m1/s1. The van der Waals surface area contributed by atoms with E-state index in [1.807, 2.05) is 0 Å². The van der Waals surface area contributed by atoms with Gasteiger partial charge in [-0.1, -0.05) is 69.7 Å². The zero-order valence-corrected chi connectivity index (χ0v) is 18.8. The summed E-state index contributed by atoms with van der Waals surface area (Å²) in [6.45, 7) is 3.55. The van der Waals surface area contributed by atoms with Crippen molar-refractivity contribution in [3.63, 3.8) is 0 Å². The lowest BCUT2D eigenvalue weighted by Gasteiger charge is -2.18. The van der Waals surface area contributed by atoms with Crippen molar-refractivity contribution in [3.05, 3.63) is 7.11 Å². The third-order valence-electron chi connectivity index (χ3n) is 4.28. The molecule has 0 fully saturated rings. The molecule has 0 spiro atoms. The van der Waals surface area contributed by atoms with Gasteiger partial charge in [0, 0.05) is 12.8 Å². The monoisotopic (exact) mass is 437 g/mol. The summed E-state index contributed by atoms with van der Waals surface area (Å²) < 4.78 is 30.6. The third kappa shape index (κ3) is 17.5. The Kier molecular flexibility index (Phi) is 17.1. The van der Waals surface area contributed by atoms with Crippen LogP contribution in [0.5, 0.6) is 0 Å². The minimum Gasteiger partial charge on any atom is -0.462 e. The van der Waals surface area contributed by atoms with Crippen LogP contribution in [0.3, 0.4) is 0 Å². The second-order valence-corrected chi connectivity index (χ2v) is 8.47. The lowest BCUT2D eigenvalue weighted by atomic mass is 10.1. The Morgan fingerprint density at radius 1 is 0.862 bits per heavy atom. The van der Waals surface area contributed by atoms with Gasteiger partial charge < -0.3 is 14.4 Å². The molecule has 0 aliphatic carbocycles. The van der Waals surface area contributed by atoms with Crippen molar-refractivity contribution in [2.75, 3.05) is 13.2 Å². The minimum atomic E-state index is -4.32. The van der Waals surface area contributed by atoms with E-state index in [0.717, 1.165) is 57.8 Å². The first kappa shape index (κ1) is 27.9. The average Bonchev–Trinajstić information content (AvgIpc) is 2.69. The van der Waals surface area contributed by atoms with E-state index in [9.17, 15) is 19.0 Å². The molecule has 170 valence electrons. The molecule has 0 amide bonds. The van der Waals surface area contributed by atoms with Gasteiger partial charge in [-0.15, -0.1) is 0 Å². The zero-order chi connectivity index (χ0) is 22.0. The lowest BCUT2D eigenvalue weighted by Crippen LogP contribution is -2.29. The summed E-state index contributed by atoms with van der Waals surface area (Å²) in [5.74, 6) is -0.864. The first-order chi connectivity index (χ1) is 13.8. The van der Waals surface area contributed by atoms with Gasteiger partial charge in [-0.25, -0.2) is 4.57 Å². The van der Waals surface area contributed by atoms with Gasteiger partial charge in [0.2, 0.25) is 7.11 Å². The molecule has 0 aliphatic heterocycles. The molecule has 8 nitrogen and oxygen atoms in total. The number of hydrogen-bond acceptors (Lipinski definition) is 7. The summed E-state index contributed by atoms with van der Waals surface area (Å²) in [6.07, 6.45) is 9.47. The summed E-state index contributed by atoms with van der Waals surface area (Å²) >= 11 is 0. The van der Waals surface area contributed by atoms with E-state index in [0.29, 0.717) is 6.42 Å². The maximum atomic E-state index is 12.0. The van der Waals surface area contributed by atoms with Crippen molar-refractivity contribution < 1.29 is 37.6 Å². The van der Waals surface area contributed by atoms with Crippen LogP contribution in [-0.2, 0) is 32.7 Å². The highest BCUT2D eigenvalue weighted by molar-refractivity contribution is 7.47. The summed E-state index contributed by atoms with van der Waals surface area (Å²) in [5, 5.41) is 0. The van der Waals surface area contributed by atoms with E-state index in [4.69, 9.17) is 14.0 Å². The average molecular weight is 437 g/mol. The smallest absolute Gasteiger partial charge is 0.462 e. The molecular weight excluding hydrogens is 399 g/mol. The Morgan fingerprint density at radius 3 is 1.90 bits per heavy atom. The third-order valence-corrected chi connectivity index (χ3v) is 5.09. The quantitative estimate of drug-likeness (QED) is 0.129. The fourth-order valence-corrected chi connectivity index (χ4v) is 3.01. The fourth-order valence-electron chi connectivity index (χ4n) is 2.58. The molecule has 0 bridgehead atoms. The van der Waals surface area contributed by atoms with Gasteiger partial charge in [-0.2, -0.15) is 0 Å². The van der Waals surface area contributed by atoms with Crippen molar-refractivity contribution in [3.8, 4) is 0 Å². The van der Waals surface area contributed by atoms with Gasteiger partial charge >= 0.3 is 19.8 Å². The second-order valence-electron chi connectivity index (χ2n) is 7.02. The zero-order valence-electron chi connectivity index (χ0n) is 17.9. The molecule has 0 rings (SSSR count). The van der Waals surface area contributed by atoms with Crippen LogP contribution < -0.4 is 0 Å². The predicted molar refractivity (Wildman–Crippen MR) is 110 cm³/mol. The van der Waals surface area contributed by atoms with E-state index < -0.39 is 32.5 Å². The fraction of sp³-hybridized carbons (Fsp3) is 0.850. The molecule has 1 N–H and O–H groups in total. The Morgan fingerprint density at radius 2 is 1.38 bits per heavy atom. The largest absolute Gasteiger partial charge is 0.512 e. The molecule has 0 aromatic carbocycles. The summed E-state index contributed by atoms with van der Waals surface area (Å²) in [7, 11) is -1.46. The first-order valence-corrected chi connectivity index (χ1v) is 12.1. The van der Waals surface area contributed by atoms with Crippen LogP contribution in [0.4, 0.5) is 0 Å². The SMILES string of the molecule is [CH2+]OP(=O)(O)OC[C@@H](COC(=O)CCCCCCC)OC(=O)CCCCCCC. The van der Waals surface area contributed by atoms with E-state index >= 15 is 0 Å². The Hall–Kier alpha value is -1.08. The normalized spacial score (nSPS) is 14.2. The summed E-state index contributed by atoms with van der Waals surface area (Å²) in [6, 6.07) is 0. The highest BCUT2D eigenvalue weighted by atomic mass is 31.2. The van der Waals surface area contributed by atoms with Crippen LogP contribution in [0.1, 0.15) is 90.9 Å². The lowest BCUT2D eigenvalue weighted by molar-refractivity contribution is -0.161. The van der Waals surface area contributed by atoms with Crippen LogP contribution in [0.25, 0.3) is 0 Å². The Balaban J connectivity index is 4.36. The predicted octanol–water partition coefficient (Wildman–Crippen LogP) is 5.09. The van der Waals surface area contributed by atoms with Gasteiger partial charge in [-0.05, 0) is 12.8 Å². The number of phosphoric ester groups is 1. The molecule has 0 aliphatic rings. The number of ether oxygens (including phenoxy) is 2. The number of unbranched alkanes of at least 4 members (excludes halogenated alkanes) is 8. The number of phosphoric acid groups is 1. The van der Waals surface area contributed by atoms with Crippen LogP contribution >= 0.6 is 7.82 Å². The molecule has 0 saturated carbocycles. The molecule has 1 unspecified atom stereocenters. The molecule has 29 heavy (non-hydrogen) atoms. The van der Waals surface area contributed by atoms with Crippen molar-refractivity contribution >= 4 is 19.8 Å². The Labute approximate surface area is 175 Å². The van der Waals surface area contributed by atoms with Crippen LogP contribution in [0.15, 0.2) is 0 Å². The first-order valence-electron chi connectivity index (χ1n) is 10.6. The maximum Gasteiger partial charge on any atom is 0.512 e. The van der Waals surface area contributed by atoms with Gasteiger partial charge in [0.25, 0.3) is 0 Å². The topological polar surface area (TPSA) is 108 Å². The number of rotatable bonds is 19. The van der Waals surface area contributed by atoms with Gasteiger partial charge in [-0.3, -0.25) is 14.1 Å². The number of hydrogen-bond donors (Lipinski definition) is 1. The molecule has 2 atom stereocenters. The van der Waals surface area contributed by atoms with Crippen LogP contribution in [0.2, 0.25) is 0 Å². The number of carbonyl (C=O) groups excluding carboxylic acids is 2. The number of esters is 2. The highest BCUT2D eigenvalue weighted by Crippen LogP contribution is 2.42. The van der Waals surface area contributed by atoms with Crippen LogP contribution in [0, 0.1) is 7.11 Å². The van der Waals surface area contributed by atoms with Crippen molar-refractivity contribution in [2.24, 2.45) is 0 Å². The summed E-state index contributed by atoms with van der Waals surface area (Å²) in [4.78, 5) is 33.2. The molecular formula is C20H38O8P+.